The summed E-state index contributed by atoms with van der Waals surface area (Å²) in [5.74, 6) is -1.85. The van der Waals surface area contributed by atoms with Gasteiger partial charge in [-0.1, -0.05) is 0 Å². The molecule has 0 aromatic heterocycles. The Hall–Kier alpha value is -2.31. The van der Waals surface area contributed by atoms with Crippen LogP contribution in [0.3, 0.4) is 0 Å². The highest BCUT2D eigenvalue weighted by molar-refractivity contribution is 5.81. The molecule has 0 aliphatic rings. The van der Waals surface area contributed by atoms with Gasteiger partial charge < -0.3 is 19.9 Å². The fourth-order valence-electron chi connectivity index (χ4n) is 1.58. The number of carbonyl (C=O) groups excluding carboxylic acids is 1. The Morgan fingerprint density at radius 2 is 1.90 bits per heavy atom. The van der Waals surface area contributed by atoms with Crippen molar-refractivity contribution in [2.75, 3.05) is 7.11 Å². The zero-order valence-corrected chi connectivity index (χ0v) is 12.3. The Morgan fingerprint density at radius 3 is 2.38 bits per heavy atom. The SMILES string of the molecule is COc1cc(F)cc(C(NC(=O)OC(C)(C)C)C(=O)O)c1. The molecule has 0 aliphatic carbocycles. The van der Waals surface area contributed by atoms with Gasteiger partial charge in [-0.15, -0.1) is 0 Å². The maximum atomic E-state index is 13.4. The predicted molar refractivity (Wildman–Crippen MR) is 72.7 cm³/mol. The number of aliphatic carboxylic acids is 1. The summed E-state index contributed by atoms with van der Waals surface area (Å²) < 4.78 is 23.3. The van der Waals surface area contributed by atoms with Crippen LogP contribution in [0.1, 0.15) is 32.4 Å². The molecule has 21 heavy (non-hydrogen) atoms. The van der Waals surface area contributed by atoms with Crippen LogP contribution in [-0.4, -0.2) is 29.9 Å². The summed E-state index contributed by atoms with van der Waals surface area (Å²) in [5.41, 5.74) is -0.725. The standard InChI is InChI=1S/C14H18FNO5/c1-14(2,3)21-13(19)16-11(12(17)18)8-5-9(15)7-10(6-8)20-4/h5-7,11H,1-4H3,(H,16,19)(H,17,18). The highest BCUT2D eigenvalue weighted by Crippen LogP contribution is 2.22. The minimum absolute atomic E-state index is 0.0465. The Morgan fingerprint density at radius 1 is 1.29 bits per heavy atom. The number of rotatable bonds is 4. The lowest BCUT2D eigenvalue weighted by molar-refractivity contribution is -0.139. The zero-order valence-electron chi connectivity index (χ0n) is 12.3. The number of benzene rings is 1. The van der Waals surface area contributed by atoms with Crippen molar-refractivity contribution in [2.24, 2.45) is 0 Å². The van der Waals surface area contributed by atoms with E-state index in [0.717, 1.165) is 12.1 Å². The van der Waals surface area contributed by atoms with E-state index in [1.54, 1.807) is 20.8 Å². The summed E-state index contributed by atoms with van der Waals surface area (Å²) in [4.78, 5) is 22.9. The van der Waals surface area contributed by atoms with Crippen LogP contribution in [0.4, 0.5) is 9.18 Å². The summed E-state index contributed by atoms with van der Waals surface area (Å²) in [6, 6.07) is 2.01. The molecule has 0 saturated heterocycles. The highest BCUT2D eigenvalue weighted by atomic mass is 19.1. The molecule has 1 rings (SSSR count). The van der Waals surface area contributed by atoms with Crippen molar-refractivity contribution in [2.45, 2.75) is 32.4 Å². The molecule has 0 radical (unpaired) electrons. The number of halogens is 1. The molecule has 1 aromatic carbocycles. The van der Waals surface area contributed by atoms with Gasteiger partial charge in [-0.3, -0.25) is 0 Å². The highest BCUT2D eigenvalue weighted by Gasteiger charge is 2.26. The van der Waals surface area contributed by atoms with Gasteiger partial charge in [0.1, 0.15) is 17.2 Å². The average Bonchev–Trinajstić information content (AvgIpc) is 2.32. The van der Waals surface area contributed by atoms with Crippen molar-refractivity contribution in [3.05, 3.63) is 29.6 Å². The van der Waals surface area contributed by atoms with Gasteiger partial charge in [-0.05, 0) is 38.5 Å². The van der Waals surface area contributed by atoms with Crippen LogP contribution in [0, 0.1) is 5.82 Å². The van der Waals surface area contributed by atoms with E-state index in [4.69, 9.17) is 9.47 Å². The molecular weight excluding hydrogens is 281 g/mol. The van der Waals surface area contributed by atoms with Crippen LogP contribution in [0.5, 0.6) is 5.75 Å². The third kappa shape index (κ3) is 5.29. The molecule has 1 amide bonds. The Bertz CT molecular complexity index is 539. The van der Waals surface area contributed by atoms with Crippen LogP contribution < -0.4 is 10.1 Å². The monoisotopic (exact) mass is 299 g/mol. The van der Waals surface area contributed by atoms with Crippen LogP contribution in [-0.2, 0) is 9.53 Å². The summed E-state index contributed by atoms with van der Waals surface area (Å²) >= 11 is 0. The normalized spacial score (nSPS) is 12.4. The molecule has 116 valence electrons. The van der Waals surface area contributed by atoms with E-state index in [9.17, 15) is 19.1 Å². The fourth-order valence-corrected chi connectivity index (χ4v) is 1.58. The molecule has 1 atom stereocenters. The van der Waals surface area contributed by atoms with Gasteiger partial charge in [0.15, 0.2) is 6.04 Å². The Kier molecular flexibility index (Phi) is 5.12. The van der Waals surface area contributed by atoms with E-state index in [1.807, 2.05) is 0 Å². The van der Waals surface area contributed by atoms with Gasteiger partial charge in [-0.25, -0.2) is 14.0 Å². The van der Waals surface area contributed by atoms with E-state index < -0.39 is 29.5 Å². The number of carboxylic acid groups (broad SMARTS) is 1. The topological polar surface area (TPSA) is 84.9 Å². The molecule has 0 bridgehead atoms. The molecule has 2 N–H and O–H groups in total. The van der Waals surface area contributed by atoms with Crippen LogP contribution in [0.25, 0.3) is 0 Å². The quantitative estimate of drug-likeness (QED) is 0.892. The number of carboxylic acids is 1. The summed E-state index contributed by atoms with van der Waals surface area (Å²) in [7, 11) is 1.33. The number of methoxy groups -OCH3 is 1. The van der Waals surface area contributed by atoms with E-state index in [2.05, 4.69) is 5.32 Å². The van der Waals surface area contributed by atoms with Crippen molar-refractivity contribution in [3.63, 3.8) is 0 Å². The van der Waals surface area contributed by atoms with Crippen molar-refractivity contribution in [3.8, 4) is 5.75 Å². The van der Waals surface area contributed by atoms with Crippen molar-refractivity contribution in [1.82, 2.24) is 5.32 Å². The van der Waals surface area contributed by atoms with Crippen LogP contribution in [0.15, 0.2) is 18.2 Å². The lowest BCUT2D eigenvalue weighted by atomic mass is 10.1. The first-order valence-electron chi connectivity index (χ1n) is 6.19. The van der Waals surface area contributed by atoms with Crippen molar-refractivity contribution < 1.29 is 28.6 Å². The third-order valence-electron chi connectivity index (χ3n) is 2.37. The fraction of sp³-hybridized carbons (Fsp3) is 0.429. The van der Waals surface area contributed by atoms with Crippen molar-refractivity contribution >= 4 is 12.1 Å². The molecule has 7 heteroatoms. The average molecular weight is 299 g/mol. The summed E-state index contributed by atoms with van der Waals surface area (Å²) in [6.45, 7) is 4.94. The van der Waals surface area contributed by atoms with Crippen LogP contribution >= 0.6 is 0 Å². The van der Waals surface area contributed by atoms with Crippen molar-refractivity contribution in [1.29, 1.82) is 0 Å². The van der Waals surface area contributed by atoms with E-state index in [-0.39, 0.29) is 11.3 Å². The maximum Gasteiger partial charge on any atom is 0.408 e. The predicted octanol–water partition coefficient (Wildman–Crippen LogP) is 2.48. The van der Waals surface area contributed by atoms with Gasteiger partial charge in [0.25, 0.3) is 0 Å². The van der Waals surface area contributed by atoms with E-state index in [1.165, 1.54) is 13.2 Å². The smallest absolute Gasteiger partial charge is 0.408 e. The first-order chi connectivity index (χ1) is 9.62. The number of carbonyl (C=O) groups is 2. The van der Waals surface area contributed by atoms with Gasteiger partial charge >= 0.3 is 12.1 Å². The Balaban J connectivity index is 3.00. The molecule has 0 heterocycles. The lowest BCUT2D eigenvalue weighted by Crippen LogP contribution is -2.38. The second-order valence-corrected chi connectivity index (χ2v) is 5.34. The van der Waals surface area contributed by atoms with Gasteiger partial charge in [0.05, 0.1) is 7.11 Å². The van der Waals surface area contributed by atoms with E-state index >= 15 is 0 Å². The second kappa shape index (κ2) is 6.43. The van der Waals surface area contributed by atoms with Gasteiger partial charge in [-0.2, -0.15) is 0 Å². The number of ether oxygens (including phenoxy) is 2. The number of nitrogens with one attached hydrogen (secondary N) is 1. The number of hydrogen-bond acceptors (Lipinski definition) is 4. The molecule has 0 spiro atoms. The van der Waals surface area contributed by atoms with Gasteiger partial charge in [0.2, 0.25) is 0 Å². The third-order valence-corrected chi connectivity index (χ3v) is 2.37. The molecule has 0 saturated carbocycles. The molecule has 1 aromatic rings. The minimum Gasteiger partial charge on any atom is -0.497 e. The number of hydrogen-bond donors (Lipinski definition) is 2. The zero-order chi connectivity index (χ0) is 16.2. The molecule has 0 fully saturated rings. The Labute approximate surface area is 121 Å². The summed E-state index contributed by atoms with van der Waals surface area (Å²) in [5, 5.41) is 11.4. The van der Waals surface area contributed by atoms with Gasteiger partial charge in [0, 0.05) is 6.07 Å². The summed E-state index contributed by atoms with van der Waals surface area (Å²) in [6.07, 6.45) is -0.905. The largest absolute Gasteiger partial charge is 0.497 e. The molecule has 6 nitrogen and oxygen atoms in total. The first kappa shape index (κ1) is 16.7. The number of amides is 1. The number of alkyl carbamates (subject to hydrolysis) is 1. The minimum atomic E-state index is -1.44. The molecular formula is C14H18FNO5. The lowest BCUT2D eigenvalue weighted by Gasteiger charge is -2.22. The molecule has 1 unspecified atom stereocenters. The van der Waals surface area contributed by atoms with Crippen LogP contribution in [0.2, 0.25) is 0 Å². The van der Waals surface area contributed by atoms with E-state index in [0.29, 0.717) is 0 Å². The molecule has 0 aliphatic heterocycles. The first-order valence-corrected chi connectivity index (χ1v) is 6.19. The maximum absolute atomic E-state index is 13.4. The second-order valence-electron chi connectivity index (χ2n) is 5.34.